The molecule has 0 saturated carbocycles. The first-order chi connectivity index (χ1) is 12.8. The van der Waals surface area contributed by atoms with Crippen molar-refractivity contribution >= 4 is 11.9 Å². The van der Waals surface area contributed by atoms with E-state index < -0.39 is 0 Å². The number of ether oxygens (including phenoxy) is 1. The molecular formula is C24H20O2. The van der Waals surface area contributed by atoms with E-state index in [4.69, 9.17) is 4.74 Å². The van der Waals surface area contributed by atoms with E-state index in [-0.39, 0.29) is 5.78 Å². The fourth-order valence-corrected chi connectivity index (χ4v) is 3.26. The Kier molecular flexibility index (Phi) is 4.65. The summed E-state index contributed by atoms with van der Waals surface area (Å²) in [6.07, 6.45) is 3.72. The van der Waals surface area contributed by atoms with Crippen LogP contribution in [0.25, 0.3) is 6.08 Å². The number of aryl methyl sites for hydroxylation is 1. The van der Waals surface area contributed by atoms with Crippen molar-refractivity contribution in [2.45, 2.75) is 19.4 Å². The van der Waals surface area contributed by atoms with Crippen LogP contribution in [0.1, 0.15) is 33.5 Å². The molecule has 0 saturated heterocycles. The lowest BCUT2D eigenvalue weighted by Gasteiger charge is -2.17. The van der Waals surface area contributed by atoms with Crippen molar-refractivity contribution in [3.8, 4) is 5.75 Å². The molecule has 0 radical (unpaired) electrons. The van der Waals surface area contributed by atoms with Crippen LogP contribution in [0, 0.1) is 0 Å². The number of hydrogen-bond donors (Lipinski definition) is 0. The summed E-state index contributed by atoms with van der Waals surface area (Å²) < 4.78 is 5.82. The summed E-state index contributed by atoms with van der Waals surface area (Å²) in [6, 6.07) is 25.9. The van der Waals surface area contributed by atoms with Crippen molar-refractivity contribution < 1.29 is 9.53 Å². The average Bonchev–Trinajstić information content (AvgIpc) is 2.70. The van der Waals surface area contributed by atoms with Gasteiger partial charge in [-0.2, -0.15) is 0 Å². The number of ketones is 1. The Hall–Kier alpha value is -3.13. The minimum Gasteiger partial charge on any atom is -0.489 e. The molecule has 0 aromatic heterocycles. The molecule has 3 aromatic rings. The van der Waals surface area contributed by atoms with Crippen LogP contribution in [0.15, 0.2) is 84.4 Å². The Bertz CT molecular complexity index is 937. The SMILES string of the molecule is O=C1/C(=C\c2ccc(OCc3ccccc3)cc2)CCc2ccccc21. The maximum atomic E-state index is 12.7. The first-order valence-corrected chi connectivity index (χ1v) is 8.89. The monoisotopic (exact) mass is 340 g/mol. The zero-order chi connectivity index (χ0) is 17.8. The molecule has 4 rings (SSSR count). The number of allylic oxidation sites excluding steroid dienone is 1. The van der Waals surface area contributed by atoms with E-state index in [1.165, 1.54) is 0 Å². The molecule has 0 atom stereocenters. The van der Waals surface area contributed by atoms with Crippen LogP contribution in [0.4, 0.5) is 0 Å². The first-order valence-electron chi connectivity index (χ1n) is 8.89. The number of carbonyl (C=O) groups excluding carboxylic acids is 1. The molecule has 2 nitrogen and oxygen atoms in total. The molecule has 0 fully saturated rings. The predicted molar refractivity (Wildman–Crippen MR) is 104 cm³/mol. The summed E-state index contributed by atoms with van der Waals surface area (Å²) >= 11 is 0. The average molecular weight is 340 g/mol. The van der Waals surface area contributed by atoms with Gasteiger partial charge < -0.3 is 4.74 Å². The van der Waals surface area contributed by atoms with Gasteiger partial charge in [0.05, 0.1) is 0 Å². The lowest BCUT2D eigenvalue weighted by atomic mass is 9.86. The minimum absolute atomic E-state index is 0.149. The molecule has 0 N–H and O–H groups in total. The van der Waals surface area contributed by atoms with Crippen molar-refractivity contribution in [2.24, 2.45) is 0 Å². The van der Waals surface area contributed by atoms with E-state index in [1.807, 2.05) is 84.9 Å². The van der Waals surface area contributed by atoms with Gasteiger partial charge in [-0.3, -0.25) is 4.79 Å². The molecule has 26 heavy (non-hydrogen) atoms. The van der Waals surface area contributed by atoms with Gasteiger partial charge >= 0.3 is 0 Å². The Morgan fingerprint density at radius 1 is 0.808 bits per heavy atom. The zero-order valence-electron chi connectivity index (χ0n) is 14.5. The molecule has 1 aliphatic rings. The zero-order valence-corrected chi connectivity index (χ0v) is 14.5. The second kappa shape index (κ2) is 7.40. The van der Waals surface area contributed by atoms with E-state index in [2.05, 4.69) is 0 Å². The van der Waals surface area contributed by atoms with Gasteiger partial charge in [0.15, 0.2) is 5.78 Å². The highest BCUT2D eigenvalue weighted by atomic mass is 16.5. The second-order valence-electron chi connectivity index (χ2n) is 6.50. The second-order valence-corrected chi connectivity index (χ2v) is 6.50. The molecule has 0 aliphatic heterocycles. The standard InChI is InChI=1S/C24H20O2/c25-24-21(13-12-20-8-4-5-9-23(20)24)16-18-10-14-22(15-11-18)26-17-19-6-2-1-3-7-19/h1-11,14-16H,12-13,17H2/b21-16-. The lowest BCUT2D eigenvalue weighted by Crippen LogP contribution is -2.13. The quantitative estimate of drug-likeness (QED) is 0.588. The van der Waals surface area contributed by atoms with Crippen molar-refractivity contribution in [1.29, 1.82) is 0 Å². The maximum absolute atomic E-state index is 12.7. The molecule has 0 unspecified atom stereocenters. The number of fused-ring (bicyclic) bond motifs is 1. The van der Waals surface area contributed by atoms with Gasteiger partial charge in [0, 0.05) is 11.1 Å². The molecule has 3 aromatic carbocycles. The Balaban J connectivity index is 1.46. The molecule has 128 valence electrons. The van der Waals surface area contributed by atoms with Crippen LogP contribution in [0.5, 0.6) is 5.75 Å². The highest BCUT2D eigenvalue weighted by Gasteiger charge is 2.20. The van der Waals surface area contributed by atoms with Crippen LogP contribution >= 0.6 is 0 Å². The fraction of sp³-hybridized carbons (Fsp3) is 0.125. The summed E-state index contributed by atoms with van der Waals surface area (Å²) in [6.45, 7) is 0.552. The number of carbonyl (C=O) groups is 1. The van der Waals surface area contributed by atoms with Crippen molar-refractivity contribution in [3.63, 3.8) is 0 Å². The van der Waals surface area contributed by atoms with Gasteiger partial charge in [-0.1, -0.05) is 66.7 Å². The molecule has 0 heterocycles. The highest BCUT2D eigenvalue weighted by molar-refractivity contribution is 6.13. The van der Waals surface area contributed by atoms with E-state index in [1.54, 1.807) is 0 Å². The van der Waals surface area contributed by atoms with E-state index in [0.29, 0.717) is 6.61 Å². The number of benzene rings is 3. The third-order valence-electron chi connectivity index (χ3n) is 4.69. The predicted octanol–water partition coefficient (Wildman–Crippen LogP) is 5.48. The normalized spacial score (nSPS) is 14.9. The van der Waals surface area contributed by atoms with E-state index >= 15 is 0 Å². The topological polar surface area (TPSA) is 26.3 Å². The summed E-state index contributed by atoms with van der Waals surface area (Å²) in [7, 11) is 0. The molecule has 2 heteroatoms. The summed E-state index contributed by atoms with van der Waals surface area (Å²) in [5.74, 6) is 0.979. The van der Waals surface area contributed by atoms with Crippen molar-refractivity contribution in [1.82, 2.24) is 0 Å². The third kappa shape index (κ3) is 3.60. The molecule has 1 aliphatic carbocycles. The van der Waals surface area contributed by atoms with Gasteiger partial charge in [0.1, 0.15) is 12.4 Å². The van der Waals surface area contributed by atoms with Gasteiger partial charge in [-0.15, -0.1) is 0 Å². The summed E-state index contributed by atoms with van der Waals surface area (Å²) in [4.78, 5) is 12.7. The number of hydrogen-bond acceptors (Lipinski definition) is 2. The summed E-state index contributed by atoms with van der Waals surface area (Å²) in [5.41, 5.74) is 5.04. The maximum Gasteiger partial charge on any atom is 0.189 e. The van der Waals surface area contributed by atoms with Crippen LogP contribution in [-0.2, 0) is 13.0 Å². The third-order valence-corrected chi connectivity index (χ3v) is 4.69. The Morgan fingerprint density at radius 2 is 1.54 bits per heavy atom. The van der Waals surface area contributed by atoms with E-state index in [9.17, 15) is 4.79 Å². The van der Waals surface area contributed by atoms with Crippen molar-refractivity contribution in [2.75, 3.05) is 0 Å². The molecular weight excluding hydrogens is 320 g/mol. The molecule has 0 spiro atoms. The van der Waals surface area contributed by atoms with Gasteiger partial charge in [0.25, 0.3) is 0 Å². The fourth-order valence-electron chi connectivity index (χ4n) is 3.26. The van der Waals surface area contributed by atoms with Crippen LogP contribution in [0.3, 0.4) is 0 Å². The molecule has 0 bridgehead atoms. The largest absolute Gasteiger partial charge is 0.489 e. The smallest absolute Gasteiger partial charge is 0.189 e. The van der Waals surface area contributed by atoms with Gasteiger partial charge in [-0.05, 0) is 47.7 Å². The Morgan fingerprint density at radius 3 is 2.35 bits per heavy atom. The number of rotatable bonds is 4. The lowest BCUT2D eigenvalue weighted by molar-refractivity contribution is 0.102. The first kappa shape index (κ1) is 16.3. The van der Waals surface area contributed by atoms with Gasteiger partial charge in [-0.25, -0.2) is 0 Å². The van der Waals surface area contributed by atoms with Gasteiger partial charge in [0.2, 0.25) is 0 Å². The highest BCUT2D eigenvalue weighted by Crippen LogP contribution is 2.27. The Labute approximate surface area is 153 Å². The van der Waals surface area contributed by atoms with E-state index in [0.717, 1.165) is 46.4 Å². The minimum atomic E-state index is 0.149. The summed E-state index contributed by atoms with van der Waals surface area (Å²) in [5, 5.41) is 0. The van der Waals surface area contributed by atoms with Crippen LogP contribution in [-0.4, -0.2) is 5.78 Å². The molecule has 0 amide bonds. The number of Topliss-reactive ketones (excluding diaryl/α,β-unsaturated/α-hetero) is 1. The van der Waals surface area contributed by atoms with Crippen molar-refractivity contribution in [3.05, 3.63) is 107 Å². The van der Waals surface area contributed by atoms with Crippen LogP contribution < -0.4 is 4.74 Å². The van der Waals surface area contributed by atoms with Crippen LogP contribution in [0.2, 0.25) is 0 Å².